The van der Waals surface area contributed by atoms with Gasteiger partial charge < -0.3 is 5.32 Å². The van der Waals surface area contributed by atoms with E-state index in [1.165, 1.54) is 22.9 Å². The Hall–Kier alpha value is -1.16. The van der Waals surface area contributed by atoms with Crippen molar-refractivity contribution in [3.8, 4) is 0 Å². The first-order valence-corrected chi connectivity index (χ1v) is 9.66. The molecule has 0 aliphatic carbocycles. The highest BCUT2D eigenvalue weighted by molar-refractivity contribution is 7.99. The zero-order valence-corrected chi connectivity index (χ0v) is 16.4. The van der Waals surface area contributed by atoms with Crippen molar-refractivity contribution in [2.45, 2.75) is 32.6 Å². The predicted octanol–water partition coefficient (Wildman–Crippen LogP) is 5.72. The molecule has 2 aromatic rings. The van der Waals surface area contributed by atoms with Crippen LogP contribution in [0.4, 0.5) is 0 Å². The molecule has 0 bridgehead atoms. The van der Waals surface area contributed by atoms with E-state index in [0.29, 0.717) is 21.6 Å². The Balaban J connectivity index is 1.83. The SMILES string of the molecule is Cc1ccc(C(C)NC(=O)CSCc2ccc(Cl)cc2Cl)cc1C. The lowest BCUT2D eigenvalue weighted by molar-refractivity contribution is -0.119. The van der Waals surface area contributed by atoms with Gasteiger partial charge in [0, 0.05) is 15.8 Å². The van der Waals surface area contributed by atoms with E-state index in [9.17, 15) is 4.79 Å². The topological polar surface area (TPSA) is 29.1 Å². The van der Waals surface area contributed by atoms with Gasteiger partial charge in [0.1, 0.15) is 0 Å². The second-order valence-electron chi connectivity index (χ2n) is 5.86. The number of halogens is 2. The molecule has 0 aliphatic rings. The third kappa shape index (κ3) is 5.44. The van der Waals surface area contributed by atoms with Gasteiger partial charge in [-0.25, -0.2) is 0 Å². The molecule has 0 fully saturated rings. The van der Waals surface area contributed by atoms with Crippen molar-refractivity contribution in [2.75, 3.05) is 5.75 Å². The van der Waals surface area contributed by atoms with Crippen LogP contribution in [0.3, 0.4) is 0 Å². The van der Waals surface area contributed by atoms with Crippen LogP contribution < -0.4 is 5.32 Å². The highest BCUT2D eigenvalue weighted by Gasteiger charge is 2.11. The maximum atomic E-state index is 12.1. The van der Waals surface area contributed by atoms with Crippen LogP contribution in [-0.4, -0.2) is 11.7 Å². The van der Waals surface area contributed by atoms with E-state index in [2.05, 4.69) is 37.4 Å². The van der Waals surface area contributed by atoms with Crippen molar-refractivity contribution in [1.82, 2.24) is 5.32 Å². The van der Waals surface area contributed by atoms with Gasteiger partial charge in [-0.05, 0) is 55.2 Å². The fraction of sp³-hybridized carbons (Fsp3) is 0.316. The van der Waals surface area contributed by atoms with E-state index < -0.39 is 0 Å². The largest absolute Gasteiger partial charge is 0.349 e. The Kier molecular flexibility index (Phi) is 7.02. The van der Waals surface area contributed by atoms with E-state index in [1.807, 2.05) is 19.1 Å². The van der Waals surface area contributed by atoms with Gasteiger partial charge in [0.15, 0.2) is 0 Å². The number of hydrogen-bond acceptors (Lipinski definition) is 2. The molecule has 1 N–H and O–H groups in total. The summed E-state index contributed by atoms with van der Waals surface area (Å²) in [6.07, 6.45) is 0. The molecule has 0 heterocycles. The molecule has 0 aromatic heterocycles. The molecule has 2 rings (SSSR count). The number of carbonyl (C=O) groups excluding carboxylic acids is 1. The van der Waals surface area contributed by atoms with Gasteiger partial charge in [-0.3, -0.25) is 4.79 Å². The van der Waals surface area contributed by atoms with Gasteiger partial charge in [0.25, 0.3) is 0 Å². The average Bonchev–Trinajstić information content (AvgIpc) is 2.52. The second kappa shape index (κ2) is 8.80. The third-order valence-electron chi connectivity index (χ3n) is 3.91. The summed E-state index contributed by atoms with van der Waals surface area (Å²) in [4.78, 5) is 12.1. The summed E-state index contributed by atoms with van der Waals surface area (Å²) in [6, 6.07) is 11.7. The van der Waals surface area contributed by atoms with Crippen LogP contribution in [0.15, 0.2) is 36.4 Å². The summed E-state index contributed by atoms with van der Waals surface area (Å²) in [5.74, 6) is 1.10. The molecule has 1 atom stereocenters. The smallest absolute Gasteiger partial charge is 0.230 e. The number of hydrogen-bond donors (Lipinski definition) is 1. The zero-order valence-electron chi connectivity index (χ0n) is 14.0. The van der Waals surface area contributed by atoms with E-state index in [-0.39, 0.29) is 11.9 Å². The highest BCUT2D eigenvalue weighted by Crippen LogP contribution is 2.24. The van der Waals surface area contributed by atoms with Crippen LogP contribution >= 0.6 is 35.0 Å². The lowest BCUT2D eigenvalue weighted by atomic mass is 10.0. The maximum absolute atomic E-state index is 12.1. The molecule has 1 amide bonds. The minimum Gasteiger partial charge on any atom is -0.349 e. The van der Waals surface area contributed by atoms with Gasteiger partial charge in [-0.2, -0.15) is 0 Å². The van der Waals surface area contributed by atoms with Crippen molar-refractivity contribution in [3.63, 3.8) is 0 Å². The Bertz CT molecular complexity index is 733. The standard InChI is InChI=1S/C19H21Cl2NOS/c1-12-4-5-15(8-13(12)2)14(3)22-19(23)11-24-10-16-6-7-17(20)9-18(16)21/h4-9,14H,10-11H2,1-3H3,(H,22,23). The Morgan fingerprint density at radius 2 is 1.88 bits per heavy atom. The molecule has 24 heavy (non-hydrogen) atoms. The number of carbonyl (C=O) groups is 1. The maximum Gasteiger partial charge on any atom is 0.230 e. The summed E-state index contributed by atoms with van der Waals surface area (Å²) in [7, 11) is 0. The van der Waals surface area contributed by atoms with Gasteiger partial charge in [0.2, 0.25) is 5.91 Å². The van der Waals surface area contributed by atoms with Gasteiger partial charge >= 0.3 is 0 Å². The van der Waals surface area contributed by atoms with Gasteiger partial charge in [-0.1, -0.05) is 47.5 Å². The average molecular weight is 382 g/mol. The highest BCUT2D eigenvalue weighted by atomic mass is 35.5. The van der Waals surface area contributed by atoms with Crippen molar-refractivity contribution in [2.24, 2.45) is 0 Å². The minimum absolute atomic E-state index is 0.00322. The number of thioether (sulfide) groups is 1. The monoisotopic (exact) mass is 381 g/mol. The fourth-order valence-corrected chi connectivity index (χ4v) is 3.69. The fourth-order valence-electron chi connectivity index (χ4n) is 2.29. The predicted molar refractivity (Wildman–Crippen MR) is 105 cm³/mol. The quantitative estimate of drug-likeness (QED) is 0.692. The summed E-state index contributed by atoms with van der Waals surface area (Å²) < 4.78 is 0. The third-order valence-corrected chi connectivity index (χ3v) is 5.48. The molecule has 128 valence electrons. The summed E-state index contributed by atoms with van der Waals surface area (Å²) in [5.41, 5.74) is 4.60. The Morgan fingerprint density at radius 1 is 1.12 bits per heavy atom. The molecule has 0 aliphatic heterocycles. The van der Waals surface area contributed by atoms with Crippen LogP contribution in [0.5, 0.6) is 0 Å². The molecular formula is C19H21Cl2NOS. The summed E-state index contributed by atoms with van der Waals surface area (Å²) >= 11 is 13.6. The molecular weight excluding hydrogens is 361 g/mol. The van der Waals surface area contributed by atoms with E-state index in [0.717, 1.165) is 11.1 Å². The summed E-state index contributed by atoms with van der Waals surface area (Å²) in [5, 5.41) is 4.30. The molecule has 0 spiro atoms. The number of amides is 1. The van der Waals surface area contributed by atoms with Crippen molar-refractivity contribution in [1.29, 1.82) is 0 Å². The Morgan fingerprint density at radius 3 is 2.54 bits per heavy atom. The van der Waals surface area contributed by atoms with Crippen LogP contribution in [-0.2, 0) is 10.5 Å². The van der Waals surface area contributed by atoms with E-state index in [4.69, 9.17) is 23.2 Å². The van der Waals surface area contributed by atoms with Crippen molar-refractivity contribution in [3.05, 3.63) is 68.7 Å². The number of nitrogens with one attached hydrogen (secondary N) is 1. The van der Waals surface area contributed by atoms with E-state index >= 15 is 0 Å². The molecule has 0 saturated heterocycles. The van der Waals surface area contributed by atoms with E-state index in [1.54, 1.807) is 6.07 Å². The van der Waals surface area contributed by atoms with Gasteiger partial charge in [-0.15, -0.1) is 11.8 Å². The van der Waals surface area contributed by atoms with Crippen LogP contribution in [0.1, 0.15) is 35.2 Å². The minimum atomic E-state index is -0.00322. The first kappa shape index (κ1) is 19.2. The first-order valence-electron chi connectivity index (χ1n) is 7.75. The molecule has 2 nitrogen and oxygen atoms in total. The van der Waals surface area contributed by atoms with Crippen molar-refractivity contribution < 1.29 is 4.79 Å². The van der Waals surface area contributed by atoms with Crippen LogP contribution in [0.2, 0.25) is 10.0 Å². The number of benzene rings is 2. The lowest BCUT2D eigenvalue weighted by Gasteiger charge is -2.15. The molecule has 0 radical (unpaired) electrons. The Labute approximate surface area is 157 Å². The summed E-state index contributed by atoms with van der Waals surface area (Å²) in [6.45, 7) is 6.17. The number of rotatable bonds is 6. The molecule has 1 unspecified atom stereocenters. The van der Waals surface area contributed by atoms with Crippen LogP contribution in [0.25, 0.3) is 0 Å². The normalized spacial score (nSPS) is 12.0. The lowest BCUT2D eigenvalue weighted by Crippen LogP contribution is -2.28. The zero-order chi connectivity index (χ0) is 17.7. The second-order valence-corrected chi connectivity index (χ2v) is 7.69. The molecule has 0 saturated carbocycles. The number of aryl methyl sites for hydroxylation is 2. The van der Waals surface area contributed by atoms with Crippen LogP contribution in [0, 0.1) is 13.8 Å². The van der Waals surface area contributed by atoms with Crippen molar-refractivity contribution >= 4 is 40.9 Å². The van der Waals surface area contributed by atoms with Gasteiger partial charge in [0.05, 0.1) is 11.8 Å². The first-order chi connectivity index (χ1) is 11.4. The molecule has 2 aromatic carbocycles. The molecule has 5 heteroatoms.